The minimum absolute atomic E-state index is 0.0461. The Labute approximate surface area is 178 Å². The average molecular weight is 468 g/mol. The Bertz CT molecular complexity index is 836. The summed E-state index contributed by atoms with van der Waals surface area (Å²) < 4.78 is 8.53. The molecular formula is C19H26BrN5O2S. The Morgan fingerprint density at radius 1 is 1.25 bits per heavy atom. The van der Waals surface area contributed by atoms with E-state index in [-0.39, 0.29) is 5.91 Å². The molecule has 0 aliphatic carbocycles. The maximum atomic E-state index is 12.4. The number of benzene rings is 1. The van der Waals surface area contributed by atoms with Gasteiger partial charge in [-0.25, -0.2) is 0 Å². The van der Waals surface area contributed by atoms with Crippen molar-refractivity contribution >= 4 is 39.3 Å². The second kappa shape index (κ2) is 9.87. The zero-order valence-corrected chi connectivity index (χ0v) is 18.9. The van der Waals surface area contributed by atoms with Gasteiger partial charge in [0.1, 0.15) is 5.82 Å². The van der Waals surface area contributed by atoms with Gasteiger partial charge in [-0.2, -0.15) is 0 Å². The molecule has 0 radical (unpaired) electrons. The van der Waals surface area contributed by atoms with E-state index >= 15 is 0 Å². The van der Waals surface area contributed by atoms with Crippen molar-refractivity contribution in [1.82, 2.24) is 19.7 Å². The number of hydrogen-bond acceptors (Lipinski definition) is 6. The third-order valence-electron chi connectivity index (χ3n) is 4.91. The fourth-order valence-corrected chi connectivity index (χ4v) is 4.31. The SMILES string of the molecule is CCn1c(CN2CCOCC2)nnc1SCC(=O)Nc1ccc(Br)c(C)c1C. The van der Waals surface area contributed by atoms with Crippen LogP contribution in [0.1, 0.15) is 23.9 Å². The van der Waals surface area contributed by atoms with Gasteiger partial charge >= 0.3 is 0 Å². The number of nitrogens with one attached hydrogen (secondary N) is 1. The first-order chi connectivity index (χ1) is 13.5. The van der Waals surface area contributed by atoms with E-state index in [4.69, 9.17) is 4.74 Å². The van der Waals surface area contributed by atoms with Gasteiger partial charge in [0, 0.05) is 29.8 Å². The number of halogens is 1. The molecule has 152 valence electrons. The molecule has 2 aromatic rings. The normalized spacial score (nSPS) is 15.0. The van der Waals surface area contributed by atoms with Gasteiger partial charge in [-0.15, -0.1) is 10.2 Å². The summed E-state index contributed by atoms with van der Waals surface area (Å²) in [6.07, 6.45) is 0. The lowest BCUT2D eigenvalue weighted by molar-refractivity contribution is -0.113. The summed E-state index contributed by atoms with van der Waals surface area (Å²) in [5, 5.41) is 12.4. The maximum Gasteiger partial charge on any atom is 0.234 e. The van der Waals surface area contributed by atoms with Crippen LogP contribution in [0, 0.1) is 13.8 Å². The molecule has 7 nitrogen and oxygen atoms in total. The van der Waals surface area contributed by atoms with Crippen LogP contribution in [0.15, 0.2) is 21.8 Å². The summed E-state index contributed by atoms with van der Waals surface area (Å²) in [7, 11) is 0. The largest absolute Gasteiger partial charge is 0.379 e. The Kier molecular flexibility index (Phi) is 7.50. The van der Waals surface area contributed by atoms with Crippen molar-refractivity contribution in [2.24, 2.45) is 0 Å². The highest BCUT2D eigenvalue weighted by Gasteiger charge is 2.18. The van der Waals surface area contributed by atoms with Crippen LogP contribution >= 0.6 is 27.7 Å². The Balaban J connectivity index is 1.59. The van der Waals surface area contributed by atoms with Crippen molar-refractivity contribution in [2.45, 2.75) is 39.0 Å². The van der Waals surface area contributed by atoms with E-state index in [0.717, 1.165) is 71.7 Å². The molecule has 3 rings (SSSR count). The second-order valence-corrected chi connectivity index (χ2v) is 8.51. The molecule has 2 heterocycles. The van der Waals surface area contributed by atoms with Crippen LogP contribution in [0.2, 0.25) is 0 Å². The fraction of sp³-hybridized carbons (Fsp3) is 0.526. The molecule has 1 saturated heterocycles. The summed E-state index contributed by atoms with van der Waals surface area (Å²) in [6, 6.07) is 3.88. The lowest BCUT2D eigenvalue weighted by Crippen LogP contribution is -2.36. The third-order valence-corrected chi connectivity index (χ3v) is 6.73. The molecule has 0 saturated carbocycles. The first-order valence-electron chi connectivity index (χ1n) is 9.40. The minimum Gasteiger partial charge on any atom is -0.379 e. The van der Waals surface area contributed by atoms with Gasteiger partial charge in [0.05, 0.1) is 25.5 Å². The maximum absolute atomic E-state index is 12.4. The van der Waals surface area contributed by atoms with E-state index in [1.807, 2.05) is 26.0 Å². The number of rotatable bonds is 7. The van der Waals surface area contributed by atoms with Crippen LogP contribution in [0.4, 0.5) is 5.69 Å². The number of carbonyl (C=O) groups excluding carboxylic acids is 1. The summed E-state index contributed by atoms with van der Waals surface area (Å²) in [5.74, 6) is 1.19. The van der Waals surface area contributed by atoms with E-state index in [1.54, 1.807) is 0 Å². The monoisotopic (exact) mass is 467 g/mol. The predicted octanol–water partition coefficient (Wildman–Crippen LogP) is 3.24. The molecule has 1 aromatic heterocycles. The highest BCUT2D eigenvalue weighted by Crippen LogP contribution is 2.26. The van der Waals surface area contributed by atoms with Crippen LogP contribution in [0.25, 0.3) is 0 Å². The molecule has 9 heteroatoms. The summed E-state index contributed by atoms with van der Waals surface area (Å²) in [5.41, 5.74) is 3.04. The molecule has 28 heavy (non-hydrogen) atoms. The number of hydrogen-bond donors (Lipinski definition) is 1. The summed E-state index contributed by atoms with van der Waals surface area (Å²) in [6.45, 7) is 11.0. The third kappa shape index (κ3) is 5.14. The Morgan fingerprint density at radius 3 is 2.71 bits per heavy atom. The van der Waals surface area contributed by atoms with Gasteiger partial charge in [0.2, 0.25) is 5.91 Å². The number of morpholine rings is 1. The second-order valence-electron chi connectivity index (χ2n) is 6.71. The Hall–Kier alpha value is -1.42. The highest BCUT2D eigenvalue weighted by atomic mass is 79.9. The van der Waals surface area contributed by atoms with Gasteiger partial charge in [0.15, 0.2) is 5.16 Å². The van der Waals surface area contributed by atoms with Crippen LogP contribution in [-0.2, 0) is 22.6 Å². The molecule has 1 N–H and O–H groups in total. The van der Waals surface area contributed by atoms with Crippen molar-refractivity contribution in [3.05, 3.63) is 33.6 Å². The first kappa shape index (κ1) is 21.3. The zero-order chi connectivity index (χ0) is 20.1. The number of thioether (sulfide) groups is 1. The van der Waals surface area contributed by atoms with Gasteiger partial charge in [-0.05, 0) is 44.0 Å². The molecule has 0 bridgehead atoms. The number of carbonyl (C=O) groups is 1. The average Bonchev–Trinajstić information content (AvgIpc) is 3.09. The highest BCUT2D eigenvalue weighted by molar-refractivity contribution is 9.10. The molecule has 0 spiro atoms. The molecule has 1 aliphatic rings. The van der Waals surface area contributed by atoms with Crippen molar-refractivity contribution in [3.8, 4) is 0 Å². The number of ether oxygens (including phenoxy) is 1. The van der Waals surface area contributed by atoms with E-state index in [9.17, 15) is 4.79 Å². The van der Waals surface area contributed by atoms with E-state index in [0.29, 0.717) is 5.75 Å². The number of anilines is 1. The number of aromatic nitrogens is 3. The van der Waals surface area contributed by atoms with E-state index < -0.39 is 0 Å². The fourth-order valence-electron chi connectivity index (χ4n) is 3.06. The standard InChI is InChI=1S/C19H26BrN5O2S/c1-4-25-17(11-24-7-9-27-10-8-24)22-23-19(25)28-12-18(26)21-16-6-5-15(20)13(2)14(16)3/h5-6H,4,7-12H2,1-3H3,(H,21,26). The lowest BCUT2D eigenvalue weighted by atomic mass is 10.1. The summed E-state index contributed by atoms with van der Waals surface area (Å²) >= 11 is 4.94. The van der Waals surface area contributed by atoms with Gasteiger partial charge in [0.25, 0.3) is 0 Å². The molecule has 0 unspecified atom stereocenters. The molecular weight excluding hydrogens is 442 g/mol. The topological polar surface area (TPSA) is 72.3 Å². The molecule has 1 fully saturated rings. The number of amides is 1. The molecule has 1 amide bonds. The van der Waals surface area contributed by atoms with E-state index in [2.05, 4.69) is 47.8 Å². The van der Waals surface area contributed by atoms with Crippen LogP contribution in [0.3, 0.4) is 0 Å². The van der Waals surface area contributed by atoms with Gasteiger partial charge < -0.3 is 14.6 Å². The summed E-state index contributed by atoms with van der Waals surface area (Å²) in [4.78, 5) is 14.8. The van der Waals surface area contributed by atoms with Crippen LogP contribution in [0.5, 0.6) is 0 Å². The smallest absolute Gasteiger partial charge is 0.234 e. The van der Waals surface area contributed by atoms with E-state index in [1.165, 1.54) is 11.8 Å². The van der Waals surface area contributed by atoms with Crippen molar-refractivity contribution in [3.63, 3.8) is 0 Å². The Morgan fingerprint density at radius 2 is 2.00 bits per heavy atom. The molecule has 1 aromatic carbocycles. The minimum atomic E-state index is -0.0461. The lowest BCUT2D eigenvalue weighted by Gasteiger charge is -2.26. The van der Waals surface area contributed by atoms with Crippen LogP contribution in [-0.4, -0.2) is 57.6 Å². The van der Waals surface area contributed by atoms with Crippen molar-refractivity contribution in [1.29, 1.82) is 0 Å². The van der Waals surface area contributed by atoms with Gasteiger partial charge in [-0.1, -0.05) is 27.7 Å². The zero-order valence-electron chi connectivity index (χ0n) is 16.5. The molecule has 0 atom stereocenters. The predicted molar refractivity (Wildman–Crippen MR) is 115 cm³/mol. The van der Waals surface area contributed by atoms with Crippen LogP contribution < -0.4 is 5.32 Å². The van der Waals surface area contributed by atoms with Gasteiger partial charge in [-0.3, -0.25) is 9.69 Å². The number of nitrogens with zero attached hydrogens (tertiary/aromatic N) is 4. The quantitative estimate of drug-likeness (QED) is 0.630. The van der Waals surface area contributed by atoms with Crippen molar-refractivity contribution < 1.29 is 9.53 Å². The molecule has 1 aliphatic heterocycles. The van der Waals surface area contributed by atoms with Crippen molar-refractivity contribution in [2.75, 3.05) is 37.4 Å². The first-order valence-corrected chi connectivity index (χ1v) is 11.2.